The van der Waals surface area contributed by atoms with Crippen molar-refractivity contribution in [2.75, 3.05) is 24.6 Å². The molecule has 0 aliphatic carbocycles. The van der Waals surface area contributed by atoms with E-state index in [0.717, 1.165) is 0 Å². The SMILES string of the molecule is Cl.O=C1CN=C(c2ccccc2F)c2cc(Cl)ccc2N1CCO. The second-order valence-electron chi connectivity index (χ2n) is 5.08. The molecule has 0 atom stereocenters. The summed E-state index contributed by atoms with van der Waals surface area (Å²) in [4.78, 5) is 18.0. The minimum Gasteiger partial charge on any atom is -0.395 e. The molecule has 7 heteroatoms. The highest BCUT2D eigenvalue weighted by Gasteiger charge is 2.26. The standard InChI is InChI=1S/C17H14ClFN2O2.ClH/c18-11-5-6-15-13(9-11)17(12-3-1-2-4-14(12)19)20-10-16(23)21(15)7-8-22;/h1-6,9,22H,7-8,10H2;1H. The summed E-state index contributed by atoms with van der Waals surface area (Å²) in [6.45, 7) is -0.146. The Labute approximate surface area is 150 Å². The van der Waals surface area contributed by atoms with Crippen molar-refractivity contribution in [2.24, 2.45) is 4.99 Å². The summed E-state index contributed by atoms with van der Waals surface area (Å²) in [5, 5.41) is 9.68. The molecule has 1 N–H and O–H groups in total. The zero-order chi connectivity index (χ0) is 16.4. The van der Waals surface area contributed by atoms with E-state index >= 15 is 0 Å². The van der Waals surface area contributed by atoms with E-state index in [1.807, 2.05) is 0 Å². The van der Waals surface area contributed by atoms with E-state index in [4.69, 9.17) is 11.6 Å². The van der Waals surface area contributed by atoms with Crippen molar-refractivity contribution in [3.05, 3.63) is 64.4 Å². The molecular weight excluding hydrogens is 354 g/mol. The summed E-state index contributed by atoms with van der Waals surface area (Å²) >= 11 is 6.08. The molecule has 0 fully saturated rings. The molecule has 1 amide bonds. The van der Waals surface area contributed by atoms with Crippen molar-refractivity contribution in [2.45, 2.75) is 0 Å². The number of β-amino-alcohol motifs (C(OH)–C–C–N with tert-alkyl or cyclic N) is 1. The van der Waals surface area contributed by atoms with Gasteiger partial charge in [0.25, 0.3) is 0 Å². The summed E-state index contributed by atoms with van der Waals surface area (Å²) in [7, 11) is 0. The molecule has 0 bridgehead atoms. The zero-order valence-corrected chi connectivity index (χ0v) is 14.1. The van der Waals surface area contributed by atoms with Crippen LogP contribution >= 0.6 is 24.0 Å². The minimum atomic E-state index is -0.416. The highest BCUT2D eigenvalue weighted by atomic mass is 35.5. The largest absolute Gasteiger partial charge is 0.395 e. The van der Waals surface area contributed by atoms with Crippen molar-refractivity contribution in [1.29, 1.82) is 0 Å². The average molecular weight is 369 g/mol. The summed E-state index contributed by atoms with van der Waals surface area (Å²) in [6.07, 6.45) is 0. The topological polar surface area (TPSA) is 52.9 Å². The van der Waals surface area contributed by atoms with Crippen molar-refractivity contribution >= 4 is 41.3 Å². The Kier molecular flexibility index (Phi) is 5.94. The van der Waals surface area contributed by atoms with E-state index < -0.39 is 5.82 Å². The van der Waals surface area contributed by atoms with Crippen LogP contribution in [0.2, 0.25) is 5.02 Å². The smallest absolute Gasteiger partial charge is 0.248 e. The van der Waals surface area contributed by atoms with Crippen LogP contribution in [-0.2, 0) is 4.79 Å². The van der Waals surface area contributed by atoms with Gasteiger partial charge >= 0.3 is 0 Å². The lowest BCUT2D eigenvalue weighted by molar-refractivity contribution is -0.117. The van der Waals surface area contributed by atoms with Crippen LogP contribution in [0.4, 0.5) is 10.1 Å². The Hall–Kier alpha value is -1.95. The van der Waals surface area contributed by atoms with Crippen molar-refractivity contribution in [1.82, 2.24) is 0 Å². The van der Waals surface area contributed by atoms with Crippen LogP contribution in [0.3, 0.4) is 0 Å². The Morgan fingerprint density at radius 2 is 1.96 bits per heavy atom. The van der Waals surface area contributed by atoms with Gasteiger partial charge in [-0.1, -0.05) is 23.7 Å². The van der Waals surface area contributed by atoms with Crippen LogP contribution in [-0.4, -0.2) is 36.4 Å². The molecule has 2 aromatic rings. The quantitative estimate of drug-likeness (QED) is 0.904. The first kappa shape index (κ1) is 18.4. The summed E-state index contributed by atoms with van der Waals surface area (Å²) < 4.78 is 14.2. The molecule has 0 spiro atoms. The molecule has 1 aliphatic heterocycles. The van der Waals surface area contributed by atoms with E-state index in [9.17, 15) is 14.3 Å². The summed E-state index contributed by atoms with van der Waals surface area (Å²) in [5.74, 6) is -0.672. The fraction of sp³-hybridized carbons (Fsp3) is 0.176. The lowest BCUT2D eigenvalue weighted by Crippen LogP contribution is -2.34. The molecule has 0 radical (unpaired) electrons. The molecule has 2 aromatic carbocycles. The fourth-order valence-corrected chi connectivity index (χ4v) is 2.79. The van der Waals surface area contributed by atoms with Crippen LogP contribution in [0.1, 0.15) is 11.1 Å². The Morgan fingerprint density at radius 3 is 2.67 bits per heavy atom. The van der Waals surface area contributed by atoms with Gasteiger partial charge in [-0.15, -0.1) is 12.4 Å². The third-order valence-corrected chi connectivity index (χ3v) is 3.87. The number of rotatable bonds is 3. The fourth-order valence-electron chi connectivity index (χ4n) is 2.61. The van der Waals surface area contributed by atoms with Gasteiger partial charge in [0.05, 0.1) is 18.0 Å². The third-order valence-electron chi connectivity index (χ3n) is 3.63. The Morgan fingerprint density at radius 1 is 1.21 bits per heavy atom. The highest BCUT2D eigenvalue weighted by Crippen LogP contribution is 2.30. The zero-order valence-electron chi connectivity index (χ0n) is 12.6. The Bertz CT molecular complexity index is 796. The summed E-state index contributed by atoms with van der Waals surface area (Å²) in [5.41, 5.74) is 1.83. The first-order valence-corrected chi connectivity index (χ1v) is 7.50. The van der Waals surface area contributed by atoms with E-state index in [1.165, 1.54) is 11.0 Å². The number of hydrogen-bond acceptors (Lipinski definition) is 3. The molecule has 24 heavy (non-hydrogen) atoms. The molecular formula is C17H15Cl2FN2O2. The molecule has 0 unspecified atom stereocenters. The second kappa shape index (κ2) is 7.75. The molecule has 0 saturated carbocycles. The maximum Gasteiger partial charge on any atom is 0.248 e. The van der Waals surface area contributed by atoms with Crippen LogP contribution < -0.4 is 4.90 Å². The number of benzene rings is 2. The number of aliphatic hydroxyl groups excluding tert-OH is 1. The number of carbonyl (C=O) groups excluding carboxylic acids is 1. The first-order valence-electron chi connectivity index (χ1n) is 7.12. The van der Waals surface area contributed by atoms with E-state index in [2.05, 4.69) is 4.99 Å². The van der Waals surface area contributed by atoms with Crippen LogP contribution in [0.5, 0.6) is 0 Å². The van der Waals surface area contributed by atoms with Gasteiger partial charge in [-0.25, -0.2) is 4.39 Å². The van der Waals surface area contributed by atoms with E-state index in [0.29, 0.717) is 27.5 Å². The molecule has 0 aromatic heterocycles. The van der Waals surface area contributed by atoms with Gasteiger partial charge < -0.3 is 10.0 Å². The van der Waals surface area contributed by atoms with E-state index in [-0.39, 0.29) is 38.0 Å². The predicted molar refractivity (Wildman–Crippen MR) is 95.0 cm³/mol. The average Bonchev–Trinajstić information content (AvgIpc) is 2.66. The van der Waals surface area contributed by atoms with Crippen LogP contribution in [0.15, 0.2) is 47.5 Å². The van der Waals surface area contributed by atoms with Gasteiger partial charge in [0.2, 0.25) is 5.91 Å². The highest BCUT2D eigenvalue weighted by molar-refractivity contribution is 6.32. The molecule has 3 rings (SSSR count). The monoisotopic (exact) mass is 368 g/mol. The second-order valence-corrected chi connectivity index (χ2v) is 5.51. The maximum absolute atomic E-state index is 14.2. The number of halogens is 3. The number of benzodiazepines with no additional fused rings is 1. The summed E-state index contributed by atoms with van der Waals surface area (Å²) in [6, 6.07) is 11.3. The molecule has 1 heterocycles. The number of anilines is 1. The number of nitrogens with zero attached hydrogens (tertiary/aromatic N) is 2. The van der Waals surface area contributed by atoms with Crippen LogP contribution in [0.25, 0.3) is 0 Å². The van der Waals surface area contributed by atoms with Crippen molar-refractivity contribution < 1.29 is 14.3 Å². The van der Waals surface area contributed by atoms with Gasteiger partial charge in [-0.2, -0.15) is 0 Å². The van der Waals surface area contributed by atoms with E-state index in [1.54, 1.807) is 36.4 Å². The molecule has 1 aliphatic rings. The third kappa shape index (κ3) is 3.43. The predicted octanol–water partition coefficient (Wildman–Crippen LogP) is 3.08. The number of hydrogen-bond donors (Lipinski definition) is 1. The van der Waals surface area contributed by atoms with Gasteiger partial charge in [0, 0.05) is 22.7 Å². The Balaban J connectivity index is 0.00000208. The number of aliphatic imine (C=N–C) groups is 1. The van der Waals surface area contributed by atoms with Crippen LogP contribution in [0, 0.1) is 5.82 Å². The van der Waals surface area contributed by atoms with Gasteiger partial charge in [-0.05, 0) is 30.3 Å². The lowest BCUT2D eigenvalue weighted by atomic mass is 9.99. The number of carbonyl (C=O) groups is 1. The first-order chi connectivity index (χ1) is 11.1. The lowest BCUT2D eigenvalue weighted by Gasteiger charge is -2.22. The van der Waals surface area contributed by atoms with Crippen molar-refractivity contribution in [3.8, 4) is 0 Å². The van der Waals surface area contributed by atoms with Gasteiger partial charge in [-0.3, -0.25) is 9.79 Å². The van der Waals surface area contributed by atoms with Gasteiger partial charge in [0.15, 0.2) is 0 Å². The molecule has 0 saturated heterocycles. The van der Waals surface area contributed by atoms with Crippen molar-refractivity contribution in [3.63, 3.8) is 0 Å². The number of amides is 1. The van der Waals surface area contributed by atoms with Gasteiger partial charge in [0.1, 0.15) is 12.4 Å². The molecule has 126 valence electrons. The maximum atomic E-state index is 14.2. The number of fused-ring (bicyclic) bond motifs is 1. The molecule has 4 nitrogen and oxygen atoms in total. The normalized spacial score (nSPS) is 13.7. The minimum absolute atomic E-state index is 0. The number of aliphatic hydroxyl groups is 1.